The molecule has 0 fully saturated rings. The maximum absolute atomic E-state index is 5.53. The molecule has 0 saturated carbocycles. The van der Waals surface area contributed by atoms with Crippen LogP contribution in [0.3, 0.4) is 0 Å². The molecule has 50 valence electrons. The number of alkyl halides is 1. The molecular weight excluding hydrogens is 154 g/mol. The van der Waals surface area contributed by atoms with Crippen molar-refractivity contribution in [2.75, 3.05) is 5.88 Å². The minimum Gasteiger partial charge on any atom is -0.249 e. The van der Waals surface area contributed by atoms with Gasteiger partial charge in [0.15, 0.2) is 0 Å². The second-order valence-electron chi connectivity index (χ2n) is 1.79. The molecule has 9 heavy (non-hydrogen) atoms. The van der Waals surface area contributed by atoms with E-state index in [1.807, 2.05) is 5.51 Å². The summed E-state index contributed by atoms with van der Waals surface area (Å²) in [6.07, 6.45) is 0.900. The Hall–Kier alpha value is -0.0800. The maximum Gasteiger partial charge on any atom is 0.0797 e. The van der Waals surface area contributed by atoms with E-state index < -0.39 is 0 Å². The Morgan fingerprint density at radius 1 is 1.78 bits per heavy atom. The van der Waals surface area contributed by atoms with Gasteiger partial charge in [-0.3, -0.25) is 0 Å². The van der Waals surface area contributed by atoms with Crippen molar-refractivity contribution in [2.45, 2.75) is 13.3 Å². The van der Waals surface area contributed by atoms with Gasteiger partial charge in [-0.2, -0.15) is 0 Å². The van der Waals surface area contributed by atoms with Gasteiger partial charge in [-0.1, -0.05) is 0 Å². The molecule has 0 unspecified atom stereocenters. The monoisotopic (exact) mass is 161 g/mol. The smallest absolute Gasteiger partial charge is 0.0797 e. The molecule has 3 heteroatoms. The Kier molecular flexibility index (Phi) is 2.49. The van der Waals surface area contributed by atoms with E-state index in [9.17, 15) is 0 Å². The summed E-state index contributed by atoms with van der Waals surface area (Å²) in [5.74, 6) is 0.671. The Morgan fingerprint density at radius 2 is 2.56 bits per heavy atom. The first-order valence-corrected chi connectivity index (χ1v) is 4.21. The van der Waals surface area contributed by atoms with Gasteiger partial charge in [0, 0.05) is 17.2 Å². The van der Waals surface area contributed by atoms with E-state index in [4.69, 9.17) is 11.6 Å². The Morgan fingerprint density at radius 3 is 3.00 bits per heavy atom. The van der Waals surface area contributed by atoms with E-state index in [0.29, 0.717) is 5.88 Å². The third-order valence-electron chi connectivity index (χ3n) is 1.18. The number of halogens is 1. The average Bonchev–Trinajstić information content (AvgIpc) is 2.18. The lowest BCUT2D eigenvalue weighted by molar-refractivity contribution is 1.05. The fraction of sp³-hybridized carbons (Fsp3) is 0.500. The number of thiazole rings is 1. The molecule has 0 bridgehead atoms. The van der Waals surface area contributed by atoms with Crippen LogP contribution in [0.1, 0.15) is 10.6 Å². The summed E-state index contributed by atoms with van der Waals surface area (Å²) in [4.78, 5) is 5.43. The zero-order valence-electron chi connectivity index (χ0n) is 5.22. The fourth-order valence-electron chi connectivity index (χ4n) is 0.658. The highest BCUT2D eigenvalue weighted by molar-refractivity contribution is 7.09. The van der Waals surface area contributed by atoms with E-state index in [2.05, 4.69) is 11.9 Å². The lowest BCUT2D eigenvalue weighted by atomic mass is 10.3. The molecule has 0 aliphatic rings. The molecule has 0 aromatic carbocycles. The number of hydrogen-bond acceptors (Lipinski definition) is 2. The Balaban J connectivity index is 2.69. The molecule has 0 N–H and O–H groups in total. The van der Waals surface area contributed by atoms with Crippen LogP contribution < -0.4 is 0 Å². The largest absolute Gasteiger partial charge is 0.249 e. The number of aryl methyl sites for hydroxylation is 2. The minimum absolute atomic E-state index is 0.671. The van der Waals surface area contributed by atoms with Crippen LogP contribution in [0.25, 0.3) is 0 Å². The average molecular weight is 162 g/mol. The van der Waals surface area contributed by atoms with Crippen molar-refractivity contribution in [1.29, 1.82) is 0 Å². The van der Waals surface area contributed by atoms with Crippen LogP contribution in [-0.2, 0) is 6.42 Å². The quantitative estimate of drug-likeness (QED) is 0.607. The zero-order valence-corrected chi connectivity index (χ0v) is 6.80. The molecule has 1 nitrogen and oxygen atoms in total. The summed E-state index contributed by atoms with van der Waals surface area (Å²) in [5, 5.41) is 0. The molecule has 1 rings (SSSR count). The third-order valence-corrected chi connectivity index (χ3v) is 2.16. The molecule has 0 amide bonds. The standard InChI is InChI=1S/C6H8ClNS/c1-5-6(2-3-7)8-4-9-5/h4H,2-3H2,1H3. The van der Waals surface area contributed by atoms with Crippen LogP contribution in [0.5, 0.6) is 0 Å². The Bertz CT molecular complexity index is 185. The summed E-state index contributed by atoms with van der Waals surface area (Å²) in [7, 11) is 0. The number of aromatic nitrogens is 1. The van der Waals surface area contributed by atoms with Gasteiger partial charge in [0.1, 0.15) is 0 Å². The van der Waals surface area contributed by atoms with E-state index in [1.54, 1.807) is 11.3 Å². The molecule has 1 heterocycles. The van der Waals surface area contributed by atoms with Gasteiger partial charge in [-0.15, -0.1) is 22.9 Å². The molecule has 1 aromatic heterocycles. The van der Waals surface area contributed by atoms with Crippen LogP contribution >= 0.6 is 22.9 Å². The van der Waals surface area contributed by atoms with Crippen LogP contribution in [0, 0.1) is 6.92 Å². The first-order valence-electron chi connectivity index (χ1n) is 2.79. The molecule has 0 spiro atoms. The first kappa shape index (κ1) is 7.03. The zero-order chi connectivity index (χ0) is 6.69. The van der Waals surface area contributed by atoms with Gasteiger partial charge >= 0.3 is 0 Å². The molecule has 0 atom stereocenters. The van der Waals surface area contributed by atoms with Crippen molar-refractivity contribution in [3.05, 3.63) is 16.1 Å². The summed E-state index contributed by atoms with van der Waals surface area (Å²) < 4.78 is 0. The second kappa shape index (κ2) is 3.18. The van der Waals surface area contributed by atoms with Crippen molar-refractivity contribution in [3.63, 3.8) is 0 Å². The maximum atomic E-state index is 5.53. The van der Waals surface area contributed by atoms with Crippen molar-refractivity contribution in [1.82, 2.24) is 4.98 Å². The van der Waals surface area contributed by atoms with Crippen molar-refractivity contribution in [3.8, 4) is 0 Å². The van der Waals surface area contributed by atoms with E-state index >= 15 is 0 Å². The van der Waals surface area contributed by atoms with Gasteiger partial charge in [-0.25, -0.2) is 4.98 Å². The molecule has 0 aliphatic carbocycles. The topological polar surface area (TPSA) is 12.9 Å². The number of rotatable bonds is 2. The molecular formula is C6H8ClNS. The van der Waals surface area contributed by atoms with Gasteiger partial charge in [-0.05, 0) is 6.92 Å². The first-order chi connectivity index (χ1) is 4.34. The SMILES string of the molecule is Cc1scnc1CCCl. The normalized spacial score (nSPS) is 10.0. The lowest BCUT2D eigenvalue weighted by Gasteiger charge is -1.89. The van der Waals surface area contributed by atoms with E-state index in [1.165, 1.54) is 4.88 Å². The minimum atomic E-state index is 0.671. The summed E-state index contributed by atoms with van der Waals surface area (Å²) in [6.45, 7) is 2.07. The highest BCUT2D eigenvalue weighted by Gasteiger charge is 1.97. The second-order valence-corrected chi connectivity index (χ2v) is 3.23. The van der Waals surface area contributed by atoms with Crippen molar-refractivity contribution < 1.29 is 0 Å². The number of hydrogen-bond donors (Lipinski definition) is 0. The molecule has 1 aromatic rings. The van der Waals surface area contributed by atoms with Gasteiger partial charge < -0.3 is 0 Å². The summed E-state index contributed by atoms with van der Waals surface area (Å²) in [6, 6.07) is 0. The van der Waals surface area contributed by atoms with Crippen LogP contribution in [0.2, 0.25) is 0 Å². The predicted molar refractivity (Wildman–Crippen MR) is 41.3 cm³/mol. The van der Waals surface area contributed by atoms with Crippen molar-refractivity contribution >= 4 is 22.9 Å². The highest BCUT2D eigenvalue weighted by atomic mass is 35.5. The molecule has 0 aliphatic heterocycles. The van der Waals surface area contributed by atoms with E-state index in [0.717, 1.165) is 12.1 Å². The van der Waals surface area contributed by atoms with Crippen LogP contribution in [0.4, 0.5) is 0 Å². The lowest BCUT2D eigenvalue weighted by Crippen LogP contribution is -1.86. The highest BCUT2D eigenvalue weighted by Crippen LogP contribution is 2.11. The molecule has 0 radical (unpaired) electrons. The third kappa shape index (κ3) is 1.66. The van der Waals surface area contributed by atoms with Crippen LogP contribution in [0.15, 0.2) is 5.51 Å². The van der Waals surface area contributed by atoms with Crippen LogP contribution in [-0.4, -0.2) is 10.9 Å². The van der Waals surface area contributed by atoms with Gasteiger partial charge in [0.05, 0.1) is 11.2 Å². The molecule has 0 saturated heterocycles. The van der Waals surface area contributed by atoms with Gasteiger partial charge in [0.2, 0.25) is 0 Å². The van der Waals surface area contributed by atoms with Gasteiger partial charge in [0.25, 0.3) is 0 Å². The Labute approximate surface area is 63.7 Å². The summed E-state index contributed by atoms with van der Waals surface area (Å²) in [5.41, 5.74) is 3.01. The predicted octanol–water partition coefficient (Wildman–Crippen LogP) is 2.23. The fourth-order valence-corrected chi connectivity index (χ4v) is 1.47. The number of nitrogens with zero attached hydrogens (tertiary/aromatic N) is 1. The van der Waals surface area contributed by atoms with E-state index in [-0.39, 0.29) is 0 Å². The van der Waals surface area contributed by atoms with Crippen molar-refractivity contribution in [2.24, 2.45) is 0 Å². The summed E-state index contributed by atoms with van der Waals surface area (Å²) >= 11 is 7.20.